The van der Waals surface area contributed by atoms with Crippen molar-refractivity contribution in [3.05, 3.63) is 33.0 Å². The Morgan fingerprint density at radius 1 is 1.33 bits per heavy atom. The van der Waals surface area contributed by atoms with Gasteiger partial charge in [0.15, 0.2) is 11.2 Å². The predicted molar refractivity (Wildman–Crippen MR) is 69.4 cm³/mol. The number of imidazole rings is 1. The number of aryl methyl sites for hydroxylation is 1. The van der Waals surface area contributed by atoms with E-state index >= 15 is 0 Å². The summed E-state index contributed by atoms with van der Waals surface area (Å²) < 4.78 is 3.92. The molecule has 2 aromatic heterocycles. The third kappa shape index (κ3) is 1.55. The maximum Gasteiger partial charge on any atom is 0.332 e. The van der Waals surface area contributed by atoms with E-state index in [1.807, 2.05) is 6.92 Å². The number of hydrogen-bond acceptors (Lipinski definition) is 4. The van der Waals surface area contributed by atoms with Gasteiger partial charge in [0.05, 0.1) is 0 Å². The summed E-state index contributed by atoms with van der Waals surface area (Å²) in [4.78, 5) is 28.0. The van der Waals surface area contributed by atoms with Crippen molar-refractivity contribution in [1.82, 2.24) is 18.7 Å². The Hall–Kier alpha value is -2.31. The van der Waals surface area contributed by atoms with Crippen LogP contribution in [0.3, 0.4) is 0 Å². The van der Waals surface area contributed by atoms with Crippen LogP contribution in [0.4, 0.5) is 5.95 Å². The van der Waals surface area contributed by atoms with E-state index in [0.29, 0.717) is 17.7 Å². The average Bonchev–Trinajstić information content (AvgIpc) is 2.61. The second kappa shape index (κ2) is 3.86. The quantitative estimate of drug-likeness (QED) is 0.733. The van der Waals surface area contributed by atoms with Gasteiger partial charge in [0.1, 0.15) is 0 Å². The Labute approximate surface area is 103 Å². The predicted octanol–water partition coefficient (Wildman–Crippen LogP) is -0.408. The summed E-state index contributed by atoms with van der Waals surface area (Å²) in [5.74, 6) is 0.200. The summed E-state index contributed by atoms with van der Waals surface area (Å²) in [5, 5.41) is 0. The molecule has 2 rings (SSSR count). The van der Waals surface area contributed by atoms with Gasteiger partial charge in [-0.2, -0.15) is 4.98 Å². The fourth-order valence-corrected chi connectivity index (χ4v) is 1.89. The molecule has 96 valence electrons. The summed E-state index contributed by atoms with van der Waals surface area (Å²) in [6, 6.07) is 0. The van der Waals surface area contributed by atoms with Crippen LogP contribution in [0.5, 0.6) is 0 Å². The molecule has 0 fully saturated rings. The SMILES string of the molecule is C=C(C)Cn1c(N)nc2c1c(=O)n(C)c(=O)n2C. The number of nitrogen functional groups attached to an aromatic ring is 1. The summed E-state index contributed by atoms with van der Waals surface area (Å²) in [6.45, 7) is 6.02. The first-order valence-corrected chi connectivity index (χ1v) is 5.40. The highest BCUT2D eigenvalue weighted by atomic mass is 16.2. The molecule has 2 heterocycles. The van der Waals surface area contributed by atoms with Gasteiger partial charge < -0.3 is 10.3 Å². The van der Waals surface area contributed by atoms with Gasteiger partial charge in [0.2, 0.25) is 5.95 Å². The minimum atomic E-state index is -0.424. The molecule has 7 nitrogen and oxygen atoms in total. The van der Waals surface area contributed by atoms with Gasteiger partial charge in [-0.05, 0) is 6.92 Å². The number of fused-ring (bicyclic) bond motifs is 1. The lowest BCUT2D eigenvalue weighted by atomic mass is 10.3. The van der Waals surface area contributed by atoms with Gasteiger partial charge in [-0.25, -0.2) is 4.79 Å². The highest BCUT2D eigenvalue weighted by molar-refractivity contribution is 5.73. The Morgan fingerprint density at radius 3 is 2.50 bits per heavy atom. The molecule has 0 radical (unpaired) electrons. The van der Waals surface area contributed by atoms with Gasteiger partial charge in [-0.3, -0.25) is 13.9 Å². The van der Waals surface area contributed by atoms with E-state index in [2.05, 4.69) is 11.6 Å². The number of allylic oxidation sites excluding steroid dienone is 1. The number of nitrogens with two attached hydrogens (primary N) is 1. The number of rotatable bonds is 2. The molecule has 0 bridgehead atoms. The Bertz CT molecular complexity index is 762. The van der Waals surface area contributed by atoms with Crippen LogP contribution in [-0.2, 0) is 20.6 Å². The summed E-state index contributed by atoms with van der Waals surface area (Å²) >= 11 is 0. The van der Waals surface area contributed by atoms with Crippen LogP contribution in [0.15, 0.2) is 21.7 Å². The van der Waals surface area contributed by atoms with E-state index in [9.17, 15) is 9.59 Å². The van der Waals surface area contributed by atoms with E-state index in [1.54, 1.807) is 11.6 Å². The molecule has 7 heteroatoms. The monoisotopic (exact) mass is 249 g/mol. The lowest BCUT2D eigenvalue weighted by molar-refractivity contribution is 0.702. The van der Waals surface area contributed by atoms with Crippen molar-refractivity contribution in [3.8, 4) is 0 Å². The standard InChI is InChI=1S/C11H15N5O2/c1-6(2)5-16-7-8(13-10(16)12)14(3)11(18)15(4)9(7)17/h1,5H2,2-4H3,(H2,12,13). The number of aromatic nitrogens is 4. The summed E-state index contributed by atoms with van der Waals surface area (Å²) in [6.07, 6.45) is 0. The second-order valence-corrected chi connectivity index (χ2v) is 4.39. The molecule has 0 atom stereocenters. The largest absolute Gasteiger partial charge is 0.369 e. The minimum absolute atomic E-state index is 0.200. The molecule has 0 aliphatic heterocycles. The van der Waals surface area contributed by atoms with Gasteiger partial charge in [0, 0.05) is 20.6 Å². The molecule has 0 spiro atoms. The van der Waals surface area contributed by atoms with Crippen molar-refractivity contribution >= 4 is 17.1 Å². The van der Waals surface area contributed by atoms with Crippen LogP contribution in [0.1, 0.15) is 6.92 Å². The van der Waals surface area contributed by atoms with Crippen molar-refractivity contribution in [2.24, 2.45) is 14.1 Å². The van der Waals surface area contributed by atoms with Gasteiger partial charge in [-0.15, -0.1) is 0 Å². The molecule has 0 saturated carbocycles. The van der Waals surface area contributed by atoms with Crippen molar-refractivity contribution in [1.29, 1.82) is 0 Å². The summed E-state index contributed by atoms with van der Waals surface area (Å²) in [5.41, 5.74) is 6.42. The lowest BCUT2D eigenvalue weighted by Crippen LogP contribution is -2.37. The second-order valence-electron chi connectivity index (χ2n) is 4.39. The zero-order valence-corrected chi connectivity index (χ0v) is 10.6. The van der Waals surface area contributed by atoms with Crippen molar-refractivity contribution < 1.29 is 0 Å². The Balaban J connectivity index is 2.99. The molecule has 18 heavy (non-hydrogen) atoms. The Kier molecular flexibility index (Phi) is 2.61. The fraction of sp³-hybridized carbons (Fsp3) is 0.364. The number of anilines is 1. The number of nitrogens with zero attached hydrogens (tertiary/aromatic N) is 4. The van der Waals surface area contributed by atoms with Crippen LogP contribution in [0, 0.1) is 0 Å². The molecule has 0 amide bonds. The van der Waals surface area contributed by atoms with Crippen molar-refractivity contribution in [2.45, 2.75) is 13.5 Å². The molecular formula is C11H15N5O2. The van der Waals surface area contributed by atoms with E-state index in [4.69, 9.17) is 5.73 Å². The first kappa shape index (κ1) is 12.2. The first-order chi connectivity index (χ1) is 8.34. The van der Waals surface area contributed by atoms with Crippen LogP contribution >= 0.6 is 0 Å². The Morgan fingerprint density at radius 2 is 1.94 bits per heavy atom. The highest BCUT2D eigenvalue weighted by Gasteiger charge is 2.17. The third-order valence-electron chi connectivity index (χ3n) is 2.81. The van der Waals surface area contributed by atoms with E-state index < -0.39 is 11.2 Å². The van der Waals surface area contributed by atoms with E-state index in [0.717, 1.165) is 10.1 Å². The molecular weight excluding hydrogens is 234 g/mol. The smallest absolute Gasteiger partial charge is 0.332 e. The van der Waals surface area contributed by atoms with Crippen LogP contribution in [-0.4, -0.2) is 18.7 Å². The van der Waals surface area contributed by atoms with Crippen molar-refractivity contribution in [3.63, 3.8) is 0 Å². The van der Waals surface area contributed by atoms with Gasteiger partial charge in [-0.1, -0.05) is 12.2 Å². The van der Waals surface area contributed by atoms with Crippen LogP contribution in [0.2, 0.25) is 0 Å². The zero-order chi connectivity index (χ0) is 13.6. The van der Waals surface area contributed by atoms with Crippen LogP contribution in [0.25, 0.3) is 11.2 Å². The van der Waals surface area contributed by atoms with E-state index in [1.165, 1.54) is 11.6 Å². The number of hydrogen-bond donors (Lipinski definition) is 1. The van der Waals surface area contributed by atoms with Crippen molar-refractivity contribution in [2.75, 3.05) is 5.73 Å². The molecule has 0 aliphatic carbocycles. The zero-order valence-electron chi connectivity index (χ0n) is 10.6. The molecule has 0 aromatic carbocycles. The summed E-state index contributed by atoms with van der Waals surface area (Å²) in [7, 11) is 2.99. The first-order valence-electron chi connectivity index (χ1n) is 5.40. The lowest BCUT2D eigenvalue weighted by Gasteiger charge is -2.07. The molecule has 0 aliphatic rings. The third-order valence-corrected chi connectivity index (χ3v) is 2.81. The molecule has 0 saturated heterocycles. The maximum atomic E-state index is 12.1. The fourth-order valence-electron chi connectivity index (χ4n) is 1.89. The van der Waals surface area contributed by atoms with Gasteiger partial charge in [0.25, 0.3) is 5.56 Å². The molecule has 2 aromatic rings. The topological polar surface area (TPSA) is 87.8 Å². The molecule has 0 unspecified atom stereocenters. The maximum absolute atomic E-state index is 12.1. The van der Waals surface area contributed by atoms with E-state index in [-0.39, 0.29) is 5.95 Å². The van der Waals surface area contributed by atoms with Gasteiger partial charge >= 0.3 is 5.69 Å². The average molecular weight is 249 g/mol. The van der Waals surface area contributed by atoms with Crippen LogP contribution < -0.4 is 17.0 Å². The minimum Gasteiger partial charge on any atom is -0.369 e. The molecule has 2 N–H and O–H groups in total. The normalized spacial score (nSPS) is 11.1. The highest BCUT2D eigenvalue weighted by Crippen LogP contribution is 2.13.